The molecular formula is C9H14N4O. The van der Waals surface area contributed by atoms with Gasteiger partial charge in [-0.05, 0) is 6.42 Å². The van der Waals surface area contributed by atoms with Crippen LogP contribution in [0.4, 0.5) is 0 Å². The highest BCUT2D eigenvalue weighted by molar-refractivity contribution is 5.75. The SMILES string of the molecule is CN=Cc1cn(CC2CCOC2)nn1. The minimum Gasteiger partial charge on any atom is -0.381 e. The average molecular weight is 194 g/mol. The van der Waals surface area contributed by atoms with Gasteiger partial charge in [0.25, 0.3) is 0 Å². The molecule has 0 N–H and O–H groups in total. The van der Waals surface area contributed by atoms with E-state index in [1.165, 1.54) is 0 Å². The number of nitrogens with zero attached hydrogens (tertiary/aromatic N) is 4. The molecule has 76 valence electrons. The first kappa shape index (κ1) is 9.33. The molecule has 1 aliphatic rings. The highest BCUT2D eigenvalue weighted by Crippen LogP contribution is 2.13. The summed E-state index contributed by atoms with van der Waals surface area (Å²) in [6.07, 6.45) is 4.73. The summed E-state index contributed by atoms with van der Waals surface area (Å²) in [7, 11) is 1.73. The lowest BCUT2D eigenvalue weighted by atomic mass is 10.1. The lowest BCUT2D eigenvalue weighted by Gasteiger charge is -2.05. The Hall–Kier alpha value is -1.23. The van der Waals surface area contributed by atoms with Crippen molar-refractivity contribution in [2.75, 3.05) is 20.3 Å². The fraction of sp³-hybridized carbons (Fsp3) is 0.667. The molecule has 1 saturated heterocycles. The second-order valence-corrected chi connectivity index (χ2v) is 3.48. The smallest absolute Gasteiger partial charge is 0.123 e. The van der Waals surface area contributed by atoms with Crippen LogP contribution in [0.2, 0.25) is 0 Å². The minimum atomic E-state index is 0.586. The number of ether oxygens (including phenoxy) is 1. The van der Waals surface area contributed by atoms with Crippen molar-refractivity contribution in [2.24, 2.45) is 10.9 Å². The second kappa shape index (κ2) is 4.32. The predicted molar refractivity (Wildman–Crippen MR) is 52.5 cm³/mol. The van der Waals surface area contributed by atoms with Crippen molar-refractivity contribution in [3.05, 3.63) is 11.9 Å². The lowest BCUT2D eigenvalue weighted by molar-refractivity contribution is 0.181. The van der Waals surface area contributed by atoms with E-state index >= 15 is 0 Å². The molecule has 14 heavy (non-hydrogen) atoms. The van der Waals surface area contributed by atoms with E-state index in [1.54, 1.807) is 13.3 Å². The molecule has 2 rings (SSSR count). The number of hydrogen-bond acceptors (Lipinski definition) is 4. The topological polar surface area (TPSA) is 52.3 Å². The van der Waals surface area contributed by atoms with Gasteiger partial charge in [0.05, 0.1) is 19.0 Å². The Balaban J connectivity index is 1.95. The summed E-state index contributed by atoms with van der Waals surface area (Å²) in [6, 6.07) is 0. The van der Waals surface area contributed by atoms with Gasteiger partial charge in [-0.15, -0.1) is 5.10 Å². The highest BCUT2D eigenvalue weighted by atomic mass is 16.5. The Morgan fingerprint density at radius 1 is 1.79 bits per heavy atom. The first-order chi connectivity index (χ1) is 6.88. The van der Waals surface area contributed by atoms with Crippen molar-refractivity contribution >= 4 is 6.21 Å². The lowest BCUT2D eigenvalue weighted by Crippen LogP contribution is -2.11. The van der Waals surface area contributed by atoms with Crippen molar-refractivity contribution in [3.8, 4) is 0 Å². The van der Waals surface area contributed by atoms with E-state index in [1.807, 2.05) is 10.9 Å². The Kier molecular flexibility index (Phi) is 2.88. The van der Waals surface area contributed by atoms with Crippen LogP contribution < -0.4 is 0 Å². The molecule has 1 atom stereocenters. The predicted octanol–water partition coefficient (Wildman–Crippen LogP) is 0.363. The Morgan fingerprint density at radius 2 is 2.71 bits per heavy atom. The number of rotatable bonds is 3. The molecule has 0 saturated carbocycles. The summed E-state index contributed by atoms with van der Waals surface area (Å²) in [4.78, 5) is 3.89. The molecule has 0 bridgehead atoms. The summed E-state index contributed by atoms with van der Waals surface area (Å²) in [5, 5.41) is 7.99. The van der Waals surface area contributed by atoms with E-state index in [0.29, 0.717) is 5.92 Å². The third kappa shape index (κ3) is 2.17. The van der Waals surface area contributed by atoms with Crippen molar-refractivity contribution in [2.45, 2.75) is 13.0 Å². The molecule has 2 heterocycles. The first-order valence-corrected chi connectivity index (χ1v) is 4.78. The number of aliphatic imine (C=N–C) groups is 1. The van der Waals surface area contributed by atoms with E-state index < -0.39 is 0 Å². The second-order valence-electron chi connectivity index (χ2n) is 3.48. The third-order valence-corrected chi connectivity index (χ3v) is 2.29. The Morgan fingerprint density at radius 3 is 3.43 bits per heavy atom. The molecule has 1 fully saturated rings. The molecule has 1 aromatic heterocycles. The Labute approximate surface area is 82.8 Å². The van der Waals surface area contributed by atoms with Gasteiger partial charge in [0.2, 0.25) is 0 Å². The summed E-state index contributed by atoms with van der Waals surface area (Å²) in [6.45, 7) is 2.62. The van der Waals surface area contributed by atoms with E-state index in [2.05, 4.69) is 15.3 Å². The van der Waals surface area contributed by atoms with Crippen LogP contribution in [0.15, 0.2) is 11.2 Å². The van der Waals surface area contributed by atoms with Crippen LogP contribution in [-0.2, 0) is 11.3 Å². The minimum absolute atomic E-state index is 0.586. The van der Waals surface area contributed by atoms with Gasteiger partial charge in [-0.25, -0.2) is 0 Å². The zero-order valence-corrected chi connectivity index (χ0v) is 8.26. The van der Waals surface area contributed by atoms with Crippen molar-refractivity contribution in [1.82, 2.24) is 15.0 Å². The molecular weight excluding hydrogens is 180 g/mol. The number of aromatic nitrogens is 3. The molecule has 5 heteroatoms. The van der Waals surface area contributed by atoms with Crippen LogP contribution in [0.25, 0.3) is 0 Å². The molecule has 1 aromatic rings. The van der Waals surface area contributed by atoms with Gasteiger partial charge >= 0.3 is 0 Å². The standard InChI is InChI=1S/C9H14N4O/c1-10-4-9-6-13(12-11-9)5-8-2-3-14-7-8/h4,6,8H,2-3,5,7H2,1H3. The zero-order chi connectivity index (χ0) is 9.80. The van der Waals surface area contributed by atoms with Gasteiger partial charge < -0.3 is 4.74 Å². The highest BCUT2D eigenvalue weighted by Gasteiger charge is 2.16. The fourth-order valence-corrected chi connectivity index (χ4v) is 1.59. The molecule has 5 nitrogen and oxygen atoms in total. The van der Waals surface area contributed by atoms with Crippen LogP contribution in [0, 0.1) is 5.92 Å². The summed E-state index contributed by atoms with van der Waals surface area (Å²) in [5.41, 5.74) is 0.811. The van der Waals surface area contributed by atoms with Gasteiger partial charge in [0.15, 0.2) is 0 Å². The van der Waals surface area contributed by atoms with Gasteiger partial charge in [-0.2, -0.15) is 0 Å². The number of hydrogen-bond donors (Lipinski definition) is 0. The van der Waals surface area contributed by atoms with Crippen molar-refractivity contribution in [3.63, 3.8) is 0 Å². The quantitative estimate of drug-likeness (QED) is 0.653. The monoisotopic (exact) mass is 194 g/mol. The van der Waals surface area contributed by atoms with Crippen LogP contribution in [0.3, 0.4) is 0 Å². The molecule has 0 amide bonds. The van der Waals surface area contributed by atoms with E-state index in [4.69, 9.17) is 4.74 Å². The fourth-order valence-electron chi connectivity index (χ4n) is 1.59. The first-order valence-electron chi connectivity index (χ1n) is 4.78. The molecule has 0 aliphatic carbocycles. The van der Waals surface area contributed by atoms with Gasteiger partial charge in [0, 0.05) is 26.1 Å². The summed E-state index contributed by atoms with van der Waals surface area (Å²) < 4.78 is 7.15. The summed E-state index contributed by atoms with van der Waals surface area (Å²) in [5.74, 6) is 0.586. The third-order valence-electron chi connectivity index (χ3n) is 2.29. The van der Waals surface area contributed by atoms with Crippen molar-refractivity contribution < 1.29 is 4.74 Å². The van der Waals surface area contributed by atoms with Crippen molar-refractivity contribution in [1.29, 1.82) is 0 Å². The summed E-state index contributed by atoms with van der Waals surface area (Å²) >= 11 is 0. The van der Waals surface area contributed by atoms with E-state index in [9.17, 15) is 0 Å². The van der Waals surface area contributed by atoms with Crippen LogP contribution in [0.1, 0.15) is 12.1 Å². The maximum absolute atomic E-state index is 5.30. The maximum atomic E-state index is 5.30. The largest absolute Gasteiger partial charge is 0.381 e. The maximum Gasteiger partial charge on any atom is 0.123 e. The molecule has 1 aliphatic heterocycles. The van der Waals surface area contributed by atoms with Gasteiger partial charge in [-0.1, -0.05) is 5.21 Å². The molecule has 0 aromatic carbocycles. The van der Waals surface area contributed by atoms with E-state index in [0.717, 1.165) is 31.9 Å². The van der Waals surface area contributed by atoms with Crippen LogP contribution >= 0.6 is 0 Å². The molecule has 0 radical (unpaired) electrons. The van der Waals surface area contributed by atoms with Gasteiger partial charge in [0.1, 0.15) is 5.69 Å². The average Bonchev–Trinajstić information content (AvgIpc) is 2.79. The zero-order valence-electron chi connectivity index (χ0n) is 8.26. The van der Waals surface area contributed by atoms with Crippen LogP contribution in [0.5, 0.6) is 0 Å². The normalized spacial score (nSPS) is 22.2. The van der Waals surface area contributed by atoms with Crippen LogP contribution in [-0.4, -0.2) is 41.5 Å². The Bertz CT molecular complexity index is 314. The van der Waals surface area contributed by atoms with E-state index in [-0.39, 0.29) is 0 Å². The molecule has 1 unspecified atom stereocenters. The molecule has 0 spiro atoms. The van der Waals surface area contributed by atoms with Gasteiger partial charge in [-0.3, -0.25) is 9.67 Å².